The van der Waals surface area contributed by atoms with Crippen molar-refractivity contribution in [2.24, 2.45) is 0 Å². The van der Waals surface area contributed by atoms with Crippen LogP contribution < -0.4 is 4.90 Å². The van der Waals surface area contributed by atoms with Crippen molar-refractivity contribution in [3.05, 3.63) is 78.4 Å². The molecule has 2 heterocycles. The number of thiophene rings is 1. The van der Waals surface area contributed by atoms with Gasteiger partial charge in [-0.05, 0) is 35.7 Å². The highest BCUT2D eigenvalue weighted by Crippen LogP contribution is 2.37. The molecule has 122 valence electrons. The van der Waals surface area contributed by atoms with Gasteiger partial charge in [0.2, 0.25) is 5.91 Å². The van der Waals surface area contributed by atoms with Gasteiger partial charge in [-0.3, -0.25) is 14.7 Å². The monoisotopic (exact) mass is 344 g/mol. The van der Waals surface area contributed by atoms with E-state index in [9.17, 15) is 4.79 Å². The second kappa shape index (κ2) is 6.49. The summed E-state index contributed by atoms with van der Waals surface area (Å²) in [6.45, 7) is 1.59. The quantitative estimate of drug-likeness (QED) is 0.481. The number of para-hydroxylation sites is 1. The zero-order chi connectivity index (χ0) is 17.2. The number of pyridine rings is 1. The summed E-state index contributed by atoms with van der Waals surface area (Å²) in [5.74, 6) is -0.00501. The Kier molecular flexibility index (Phi) is 4.04. The standard InChI is InChI=1S/C21H16N2OS/c1-15(24)23(17-7-3-2-4-8-17)18-9-10-19-20(14-25-21(19)12-18)16-6-5-11-22-13-16/h2-14H,1H3. The molecule has 0 spiro atoms. The predicted octanol–water partition coefficient (Wildman–Crippen LogP) is 5.65. The fourth-order valence-electron chi connectivity index (χ4n) is 2.99. The van der Waals surface area contributed by atoms with Crippen LogP contribution in [0.4, 0.5) is 11.4 Å². The molecule has 4 heteroatoms. The summed E-state index contributed by atoms with van der Waals surface area (Å²) in [4.78, 5) is 18.2. The predicted molar refractivity (Wildman–Crippen MR) is 104 cm³/mol. The van der Waals surface area contributed by atoms with Crippen molar-refractivity contribution in [2.75, 3.05) is 4.90 Å². The fraction of sp³-hybridized carbons (Fsp3) is 0.0476. The summed E-state index contributed by atoms with van der Waals surface area (Å²) >= 11 is 1.68. The molecular formula is C21H16N2OS. The first kappa shape index (κ1) is 15.5. The van der Waals surface area contributed by atoms with Gasteiger partial charge in [0.1, 0.15) is 0 Å². The van der Waals surface area contributed by atoms with Crippen LogP contribution in [0.15, 0.2) is 78.4 Å². The molecule has 2 aromatic heterocycles. The Bertz CT molecular complexity index is 1030. The van der Waals surface area contributed by atoms with Gasteiger partial charge in [0.25, 0.3) is 0 Å². The van der Waals surface area contributed by atoms with Crippen LogP contribution in [0.5, 0.6) is 0 Å². The number of anilines is 2. The summed E-state index contributed by atoms with van der Waals surface area (Å²) in [6, 6.07) is 19.9. The number of carbonyl (C=O) groups excluding carboxylic acids is 1. The highest BCUT2D eigenvalue weighted by Gasteiger charge is 2.15. The molecule has 0 fully saturated rings. The molecule has 0 aliphatic heterocycles. The number of hydrogen-bond acceptors (Lipinski definition) is 3. The molecule has 0 N–H and O–H groups in total. The second-order valence-corrected chi connectivity index (χ2v) is 6.67. The summed E-state index contributed by atoms with van der Waals surface area (Å²) < 4.78 is 1.15. The maximum atomic E-state index is 12.2. The van der Waals surface area contributed by atoms with Crippen LogP contribution in [0, 0.1) is 0 Å². The number of hydrogen-bond donors (Lipinski definition) is 0. The largest absolute Gasteiger partial charge is 0.281 e. The summed E-state index contributed by atoms with van der Waals surface area (Å²) in [5, 5.41) is 3.32. The second-order valence-electron chi connectivity index (χ2n) is 5.76. The van der Waals surface area contributed by atoms with E-state index in [1.54, 1.807) is 29.4 Å². The molecule has 0 unspecified atom stereocenters. The molecule has 4 aromatic rings. The lowest BCUT2D eigenvalue weighted by molar-refractivity contribution is -0.115. The molecule has 3 nitrogen and oxygen atoms in total. The smallest absolute Gasteiger partial charge is 0.228 e. The normalized spacial score (nSPS) is 10.8. The highest BCUT2D eigenvalue weighted by molar-refractivity contribution is 7.17. The van der Waals surface area contributed by atoms with Gasteiger partial charge in [0.15, 0.2) is 0 Å². The molecule has 0 aliphatic rings. The van der Waals surface area contributed by atoms with Crippen LogP contribution in [-0.4, -0.2) is 10.9 Å². The number of benzene rings is 2. The lowest BCUT2D eigenvalue weighted by atomic mass is 10.1. The summed E-state index contributed by atoms with van der Waals surface area (Å²) in [7, 11) is 0. The van der Waals surface area contributed by atoms with Crippen molar-refractivity contribution >= 4 is 38.7 Å². The Morgan fingerprint density at radius 2 is 1.84 bits per heavy atom. The highest BCUT2D eigenvalue weighted by atomic mass is 32.1. The molecule has 0 atom stereocenters. The number of fused-ring (bicyclic) bond motifs is 1. The zero-order valence-corrected chi connectivity index (χ0v) is 14.5. The third kappa shape index (κ3) is 2.92. The van der Waals surface area contributed by atoms with E-state index in [1.165, 1.54) is 10.9 Å². The third-order valence-electron chi connectivity index (χ3n) is 4.12. The van der Waals surface area contributed by atoms with Gasteiger partial charge in [0, 0.05) is 46.2 Å². The van der Waals surface area contributed by atoms with E-state index >= 15 is 0 Å². The van der Waals surface area contributed by atoms with Crippen molar-refractivity contribution in [3.63, 3.8) is 0 Å². The van der Waals surface area contributed by atoms with Crippen molar-refractivity contribution in [2.45, 2.75) is 6.92 Å². The van der Waals surface area contributed by atoms with Crippen LogP contribution in [0.2, 0.25) is 0 Å². The van der Waals surface area contributed by atoms with E-state index in [0.717, 1.165) is 21.6 Å². The molecule has 2 aromatic carbocycles. The topological polar surface area (TPSA) is 33.2 Å². The van der Waals surface area contributed by atoms with Crippen molar-refractivity contribution < 1.29 is 4.79 Å². The molecule has 0 saturated carbocycles. The van der Waals surface area contributed by atoms with Crippen LogP contribution in [0.3, 0.4) is 0 Å². The van der Waals surface area contributed by atoms with Gasteiger partial charge in [-0.2, -0.15) is 0 Å². The Balaban J connectivity index is 1.81. The summed E-state index contributed by atoms with van der Waals surface area (Å²) in [6.07, 6.45) is 3.65. The number of nitrogens with zero attached hydrogens (tertiary/aromatic N) is 2. The number of carbonyl (C=O) groups is 1. The summed E-state index contributed by atoms with van der Waals surface area (Å²) in [5.41, 5.74) is 4.03. The average Bonchev–Trinajstić information content (AvgIpc) is 3.06. The first-order chi connectivity index (χ1) is 12.2. The van der Waals surface area contributed by atoms with Gasteiger partial charge in [-0.1, -0.05) is 30.3 Å². The molecule has 0 radical (unpaired) electrons. The van der Waals surface area contributed by atoms with Crippen molar-refractivity contribution in [3.8, 4) is 11.1 Å². The number of rotatable bonds is 3. The van der Waals surface area contributed by atoms with Crippen LogP contribution in [0.1, 0.15) is 6.92 Å². The maximum absolute atomic E-state index is 12.2. The molecule has 4 rings (SSSR count). The molecular weight excluding hydrogens is 328 g/mol. The SMILES string of the molecule is CC(=O)N(c1ccccc1)c1ccc2c(-c3cccnc3)csc2c1. The minimum Gasteiger partial charge on any atom is -0.281 e. The van der Waals surface area contributed by atoms with Crippen molar-refractivity contribution in [1.29, 1.82) is 0 Å². The Morgan fingerprint density at radius 3 is 2.56 bits per heavy atom. The molecule has 25 heavy (non-hydrogen) atoms. The van der Waals surface area contributed by atoms with Gasteiger partial charge < -0.3 is 0 Å². The van der Waals surface area contributed by atoms with E-state index in [0.29, 0.717) is 0 Å². The maximum Gasteiger partial charge on any atom is 0.228 e. The van der Waals surface area contributed by atoms with Gasteiger partial charge in [0.05, 0.1) is 5.69 Å². The number of aromatic nitrogens is 1. The molecule has 1 amide bonds. The van der Waals surface area contributed by atoms with Crippen LogP contribution in [-0.2, 0) is 4.79 Å². The van der Waals surface area contributed by atoms with Gasteiger partial charge in [-0.25, -0.2) is 0 Å². The van der Waals surface area contributed by atoms with Crippen LogP contribution >= 0.6 is 11.3 Å². The average molecular weight is 344 g/mol. The first-order valence-corrected chi connectivity index (χ1v) is 8.89. The van der Waals surface area contributed by atoms with Gasteiger partial charge in [-0.15, -0.1) is 11.3 Å². The first-order valence-electron chi connectivity index (χ1n) is 8.01. The molecule has 0 bridgehead atoms. The van der Waals surface area contributed by atoms with E-state index in [1.807, 2.05) is 48.7 Å². The zero-order valence-electron chi connectivity index (χ0n) is 13.7. The lowest BCUT2D eigenvalue weighted by Gasteiger charge is -2.21. The molecule has 0 saturated heterocycles. The van der Waals surface area contributed by atoms with E-state index in [4.69, 9.17) is 0 Å². The van der Waals surface area contributed by atoms with E-state index in [2.05, 4.69) is 28.6 Å². The fourth-order valence-corrected chi connectivity index (χ4v) is 3.99. The Morgan fingerprint density at radius 1 is 1.00 bits per heavy atom. The Hall–Kier alpha value is -2.98. The minimum absolute atomic E-state index is 0.00501. The third-order valence-corrected chi connectivity index (χ3v) is 5.06. The Labute approximate surface area is 150 Å². The van der Waals surface area contributed by atoms with E-state index < -0.39 is 0 Å². The van der Waals surface area contributed by atoms with Crippen LogP contribution in [0.25, 0.3) is 21.2 Å². The van der Waals surface area contributed by atoms with Gasteiger partial charge >= 0.3 is 0 Å². The number of amides is 1. The van der Waals surface area contributed by atoms with Crippen molar-refractivity contribution in [1.82, 2.24) is 4.98 Å². The van der Waals surface area contributed by atoms with E-state index in [-0.39, 0.29) is 5.91 Å². The molecule has 0 aliphatic carbocycles. The lowest BCUT2D eigenvalue weighted by Crippen LogP contribution is -2.22. The minimum atomic E-state index is -0.00501.